The predicted octanol–water partition coefficient (Wildman–Crippen LogP) is 4.24. The van der Waals surface area contributed by atoms with Crippen LogP contribution in [0, 0.1) is 5.92 Å². The molecule has 1 fully saturated rings. The van der Waals surface area contributed by atoms with Crippen LogP contribution < -0.4 is 14.8 Å². The molecular formula is C19H20ClNO3. The van der Waals surface area contributed by atoms with Crippen molar-refractivity contribution in [3.05, 3.63) is 58.6 Å². The van der Waals surface area contributed by atoms with Gasteiger partial charge in [-0.15, -0.1) is 0 Å². The molecule has 126 valence electrons. The second-order valence-corrected chi connectivity index (χ2v) is 6.30. The number of amides is 1. The molecule has 1 amide bonds. The predicted molar refractivity (Wildman–Crippen MR) is 93.9 cm³/mol. The number of carbonyl (C=O) groups is 1. The van der Waals surface area contributed by atoms with E-state index >= 15 is 0 Å². The Morgan fingerprint density at radius 1 is 1.17 bits per heavy atom. The first-order chi connectivity index (χ1) is 11.6. The van der Waals surface area contributed by atoms with Gasteiger partial charge >= 0.3 is 0 Å². The van der Waals surface area contributed by atoms with E-state index in [0.717, 1.165) is 18.4 Å². The van der Waals surface area contributed by atoms with Crippen molar-refractivity contribution in [3.8, 4) is 11.5 Å². The monoisotopic (exact) mass is 345 g/mol. The van der Waals surface area contributed by atoms with E-state index in [4.69, 9.17) is 21.1 Å². The van der Waals surface area contributed by atoms with Gasteiger partial charge in [0.1, 0.15) is 0 Å². The van der Waals surface area contributed by atoms with E-state index in [0.29, 0.717) is 28.0 Å². The van der Waals surface area contributed by atoms with E-state index in [-0.39, 0.29) is 11.9 Å². The first-order valence-electron chi connectivity index (χ1n) is 7.91. The summed E-state index contributed by atoms with van der Waals surface area (Å²) in [6, 6.07) is 13.3. The molecule has 1 aliphatic rings. The molecule has 0 saturated heterocycles. The van der Waals surface area contributed by atoms with Gasteiger partial charge in [-0.05, 0) is 36.5 Å². The first kappa shape index (κ1) is 16.7. The number of benzene rings is 2. The minimum absolute atomic E-state index is 0.0190. The van der Waals surface area contributed by atoms with Gasteiger partial charge in [-0.25, -0.2) is 0 Å². The van der Waals surface area contributed by atoms with Crippen molar-refractivity contribution in [3.63, 3.8) is 0 Å². The number of carbonyl (C=O) groups excluding carboxylic acids is 1. The maximum atomic E-state index is 12.7. The lowest BCUT2D eigenvalue weighted by Gasteiger charge is -2.19. The highest BCUT2D eigenvalue weighted by molar-refractivity contribution is 6.32. The van der Waals surface area contributed by atoms with Crippen LogP contribution in [0.2, 0.25) is 5.02 Å². The summed E-state index contributed by atoms with van der Waals surface area (Å²) < 4.78 is 10.5. The van der Waals surface area contributed by atoms with Crippen LogP contribution in [0.15, 0.2) is 42.5 Å². The molecule has 1 saturated carbocycles. The summed E-state index contributed by atoms with van der Waals surface area (Å²) in [5.41, 5.74) is 1.58. The minimum atomic E-state index is -0.168. The number of methoxy groups -OCH3 is 2. The summed E-state index contributed by atoms with van der Waals surface area (Å²) >= 11 is 6.20. The first-order valence-corrected chi connectivity index (χ1v) is 8.29. The molecule has 2 aromatic rings. The summed E-state index contributed by atoms with van der Waals surface area (Å²) in [6.45, 7) is 0. The van der Waals surface area contributed by atoms with Gasteiger partial charge < -0.3 is 14.8 Å². The summed E-state index contributed by atoms with van der Waals surface area (Å²) in [5.74, 6) is 1.20. The average Bonchev–Trinajstić information content (AvgIpc) is 3.44. The summed E-state index contributed by atoms with van der Waals surface area (Å²) in [4.78, 5) is 12.7. The maximum Gasteiger partial charge on any atom is 0.251 e. The number of hydrogen-bond donors (Lipinski definition) is 1. The van der Waals surface area contributed by atoms with E-state index < -0.39 is 0 Å². The second kappa shape index (κ2) is 7.14. The van der Waals surface area contributed by atoms with Crippen molar-refractivity contribution in [2.45, 2.75) is 18.9 Å². The lowest BCUT2D eigenvalue weighted by atomic mass is 10.0. The lowest BCUT2D eigenvalue weighted by molar-refractivity contribution is 0.0931. The number of nitrogens with one attached hydrogen (secondary N) is 1. The van der Waals surface area contributed by atoms with Gasteiger partial charge in [-0.1, -0.05) is 41.9 Å². The lowest BCUT2D eigenvalue weighted by Crippen LogP contribution is -2.29. The molecule has 0 bridgehead atoms. The Bertz CT molecular complexity index is 729. The molecule has 0 aliphatic heterocycles. The molecule has 1 aliphatic carbocycles. The zero-order valence-corrected chi connectivity index (χ0v) is 14.5. The third-order valence-electron chi connectivity index (χ3n) is 4.23. The molecule has 0 radical (unpaired) electrons. The van der Waals surface area contributed by atoms with Crippen LogP contribution in [0.4, 0.5) is 0 Å². The smallest absolute Gasteiger partial charge is 0.251 e. The van der Waals surface area contributed by atoms with Crippen molar-refractivity contribution in [2.75, 3.05) is 14.2 Å². The van der Waals surface area contributed by atoms with Crippen LogP contribution in [0.25, 0.3) is 0 Å². The van der Waals surface area contributed by atoms with Crippen molar-refractivity contribution in [1.82, 2.24) is 5.32 Å². The van der Waals surface area contributed by atoms with E-state index in [1.54, 1.807) is 12.1 Å². The van der Waals surface area contributed by atoms with Crippen molar-refractivity contribution < 1.29 is 14.3 Å². The van der Waals surface area contributed by atoms with Gasteiger partial charge in [0.2, 0.25) is 0 Å². The Labute approximate surface area is 146 Å². The SMILES string of the molecule is COc1cc(C(=O)N[C@H](c2ccccc2)C2CC2)cc(Cl)c1OC. The van der Waals surface area contributed by atoms with Gasteiger partial charge in [0.25, 0.3) is 5.91 Å². The molecule has 1 N–H and O–H groups in total. The Morgan fingerprint density at radius 2 is 1.88 bits per heavy atom. The molecule has 2 aromatic carbocycles. The Hall–Kier alpha value is -2.20. The molecule has 24 heavy (non-hydrogen) atoms. The molecule has 0 spiro atoms. The third kappa shape index (κ3) is 3.49. The van der Waals surface area contributed by atoms with Crippen LogP contribution in [-0.4, -0.2) is 20.1 Å². The zero-order valence-electron chi connectivity index (χ0n) is 13.7. The fraction of sp³-hybridized carbons (Fsp3) is 0.316. The topological polar surface area (TPSA) is 47.6 Å². The van der Waals surface area contributed by atoms with Gasteiger partial charge in [0, 0.05) is 5.56 Å². The Balaban J connectivity index is 1.85. The largest absolute Gasteiger partial charge is 0.493 e. The maximum absolute atomic E-state index is 12.7. The van der Waals surface area contributed by atoms with Crippen LogP contribution in [0.1, 0.15) is 34.8 Å². The molecule has 1 atom stereocenters. The molecule has 0 unspecified atom stereocenters. The normalized spacial score (nSPS) is 14.8. The quantitative estimate of drug-likeness (QED) is 0.851. The standard InChI is InChI=1S/C19H20ClNO3/c1-23-16-11-14(10-15(20)18(16)24-2)19(22)21-17(13-8-9-13)12-6-4-3-5-7-12/h3-7,10-11,13,17H,8-9H2,1-2H3,(H,21,22)/t17-/m1/s1. The number of rotatable bonds is 6. The fourth-order valence-electron chi connectivity index (χ4n) is 2.84. The molecule has 5 heteroatoms. The van der Waals surface area contributed by atoms with Crippen LogP contribution >= 0.6 is 11.6 Å². The Kier molecular flexibility index (Phi) is 4.95. The molecule has 4 nitrogen and oxygen atoms in total. The number of hydrogen-bond acceptors (Lipinski definition) is 3. The van der Waals surface area contributed by atoms with E-state index in [9.17, 15) is 4.79 Å². The number of ether oxygens (including phenoxy) is 2. The second-order valence-electron chi connectivity index (χ2n) is 5.89. The van der Waals surface area contributed by atoms with E-state index in [2.05, 4.69) is 5.32 Å². The minimum Gasteiger partial charge on any atom is -0.493 e. The highest BCUT2D eigenvalue weighted by Gasteiger charge is 2.33. The van der Waals surface area contributed by atoms with E-state index in [1.165, 1.54) is 14.2 Å². The van der Waals surface area contributed by atoms with E-state index in [1.807, 2.05) is 30.3 Å². The summed E-state index contributed by atoms with van der Waals surface area (Å²) in [7, 11) is 3.04. The number of halogens is 1. The fourth-order valence-corrected chi connectivity index (χ4v) is 3.12. The summed E-state index contributed by atoms with van der Waals surface area (Å²) in [6.07, 6.45) is 2.26. The van der Waals surface area contributed by atoms with Gasteiger partial charge in [-0.2, -0.15) is 0 Å². The third-order valence-corrected chi connectivity index (χ3v) is 4.52. The molecular weight excluding hydrogens is 326 g/mol. The molecule has 0 aromatic heterocycles. The van der Waals surface area contributed by atoms with Crippen LogP contribution in [-0.2, 0) is 0 Å². The van der Waals surface area contributed by atoms with Gasteiger partial charge in [0.05, 0.1) is 25.3 Å². The molecule has 3 rings (SSSR count). The highest BCUT2D eigenvalue weighted by atomic mass is 35.5. The van der Waals surface area contributed by atoms with Gasteiger partial charge in [-0.3, -0.25) is 4.79 Å². The highest BCUT2D eigenvalue weighted by Crippen LogP contribution is 2.41. The van der Waals surface area contributed by atoms with Crippen LogP contribution in [0.5, 0.6) is 11.5 Å². The zero-order chi connectivity index (χ0) is 17.1. The van der Waals surface area contributed by atoms with Gasteiger partial charge in [0.15, 0.2) is 11.5 Å². The Morgan fingerprint density at radius 3 is 2.46 bits per heavy atom. The molecule has 0 heterocycles. The summed E-state index contributed by atoms with van der Waals surface area (Å²) in [5, 5.41) is 3.49. The van der Waals surface area contributed by atoms with Crippen molar-refractivity contribution in [1.29, 1.82) is 0 Å². The van der Waals surface area contributed by atoms with Crippen LogP contribution in [0.3, 0.4) is 0 Å². The average molecular weight is 346 g/mol. The van der Waals surface area contributed by atoms with Crippen molar-refractivity contribution >= 4 is 17.5 Å². The van der Waals surface area contributed by atoms with Crippen molar-refractivity contribution in [2.24, 2.45) is 5.92 Å².